The Bertz CT molecular complexity index is 660. The minimum Gasteiger partial charge on any atom is -0.490 e. The van der Waals surface area contributed by atoms with E-state index in [0.717, 1.165) is 43.7 Å². The first-order valence-electron chi connectivity index (χ1n) is 9.01. The van der Waals surface area contributed by atoms with Gasteiger partial charge in [-0.1, -0.05) is 6.07 Å². The number of hydrogen-bond donors (Lipinski definition) is 1. The molecule has 5 atom stereocenters. The van der Waals surface area contributed by atoms with Crippen LogP contribution in [0, 0.1) is 5.92 Å². The minimum atomic E-state index is -0.358. The Hall–Kier alpha value is -1.26. The van der Waals surface area contributed by atoms with E-state index in [-0.39, 0.29) is 17.6 Å². The molecule has 4 aliphatic rings. The summed E-state index contributed by atoms with van der Waals surface area (Å²) in [6, 6.07) is 4.88. The molecule has 0 radical (unpaired) electrons. The van der Waals surface area contributed by atoms with Crippen molar-refractivity contribution in [3.8, 4) is 11.5 Å². The number of likely N-dealkylation sites (N-methyl/N-ethyl adjacent to an activating group) is 1. The van der Waals surface area contributed by atoms with E-state index >= 15 is 0 Å². The topological polar surface area (TPSA) is 41.9 Å². The Labute approximate surface area is 137 Å². The van der Waals surface area contributed by atoms with Gasteiger partial charge in [-0.3, -0.25) is 0 Å². The molecule has 2 bridgehead atoms. The van der Waals surface area contributed by atoms with E-state index in [1.54, 1.807) is 0 Å². The summed E-state index contributed by atoms with van der Waals surface area (Å²) in [5.41, 5.74) is 2.79. The largest absolute Gasteiger partial charge is 0.490 e. The quantitative estimate of drug-likeness (QED) is 0.908. The molecule has 1 saturated carbocycles. The molecule has 2 aliphatic carbocycles. The normalized spacial score (nSPS) is 40.5. The fourth-order valence-corrected chi connectivity index (χ4v) is 5.97. The molecule has 1 aromatic carbocycles. The number of hydrogen-bond acceptors (Lipinski definition) is 4. The van der Waals surface area contributed by atoms with Crippen molar-refractivity contribution in [3.05, 3.63) is 23.3 Å². The molecular weight excluding hydrogens is 290 g/mol. The van der Waals surface area contributed by atoms with E-state index in [2.05, 4.69) is 24.1 Å². The zero-order chi connectivity index (χ0) is 15.8. The molecular formula is C19H25NO3. The van der Waals surface area contributed by atoms with E-state index in [4.69, 9.17) is 9.47 Å². The molecule has 0 aromatic heterocycles. The predicted molar refractivity (Wildman–Crippen MR) is 87.2 cm³/mol. The first-order valence-corrected chi connectivity index (χ1v) is 9.01. The van der Waals surface area contributed by atoms with E-state index in [1.165, 1.54) is 11.1 Å². The van der Waals surface area contributed by atoms with Crippen molar-refractivity contribution < 1.29 is 14.6 Å². The van der Waals surface area contributed by atoms with E-state index in [0.29, 0.717) is 18.6 Å². The highest BCUT2D eigenvalue weighted by molar-refractivity contribution is 5.61. The summed E-state index contributed by atoms with van der Waals surface area (Å²) in [4.78, 5) is 2.53. The highest BCUT2D eigenvalue weighted by atomic mass is 16.5. The van der Waals surface area contributed by atoms with E-state index < -0.39 is 0 Å². The smallest absolute Gasteiger partial charge is 0.165 e. The molecule has 4 heteroatoms. The summed E-state index contributed by atoms with van der Waals surface area (Å²) in [6.45, 7) is 3.74. The molecule has 5 unspecified atom stereocenters. The lowest BCUT2D eigenvalue weighted by Gasteiger charge is -2.58. The first kappa shape index (κ1) is 14.1. The van der Waals surface area contributed by atoms with Crippen LogP contribution in [0.25, 0.3) is 0 Å². The van der Waals surface area contributed by atoms with Gasteiger partial charge in [-0.05, 0) is 63.7 Å². The average molecular weight is 315 g/mol. The molecule has 2 heterocycles. The lowest BCUT2D eigenvalue weighted by molar-refractivity contribution is -0.0993. The third kappa shape index (κ3) is 1.59. The summed E-state index contributed by atoms with van der Waals surface area (Å²) < 4.78 is 12.3. The lowest BCUT2D eigenvalue weighted by atomic mass is 9.51. The van der Waals surface area contributed by atoms with E-state index in [9.17, 15) is 5.11 Å². The fourth-order valence-electron chi connectivity index (χ4n) is 5.97. The molecule has 5 rings (SSSR count). The summed E-state index contributed by atoms with van der Waals surface area (Å²) in [6.07, 6.45) is 3.70. The molecule has 1 N–H and O–H groups in total. The van der Waals surface area contributed by atoms with Crippen LogP contribution in [0.4, 0.5) is 0 Å². The number of piperidine rings is 1. The second-order valence-electron chi connectivity index (χ2n) is 7.69. The molecule has 1 aromatic rings. The maximum Gasteiger partial charge on any atom is 0.165 e. The SMILES string of the molecule is CCOc1ccc2c3c1OC1C(O)CCC4C(C2)N(C)CCC341. The fraction of sp³-hybridized carbons (Fsp3) is 0.684. The van der Waals surface area contributed by atoms with Gasteiger partial charge in [0.2, 0.25) is 0 Å². The van der Waals surface area contributed by atoms with Gasteiger partial charge in [0, 0.05) is 17.0 Å². The molecule has 0 amide bonds. The second-order valence-corrected chi connectivity index (χ2v) is 7.69. The molecule has 2 fully saturated rings. The van der Waals surface area contributed by atoms with Crippen molar-refractivity contribution in [2.45, 2.75) is 56.3 Å². The van der Waals surface area contributed by atoms with Crippen molar-refractivity contribution >= 4 is 0 Å². The van der Waals surface area contributed by atoms with Gasteiger partial charge in [0.25, 0.3) is 0 Å². The highest BCUT2D eigenvalue weighted by Gasteiger charge is 2.65. The van der Waals surface area contributed by atoms with Crippen LogP contribution >= 0.6 is 0 Å². The third-order valence-electron chi connectivity index (χ3n) is 6.85. The van der Waals surface area contributed by atoms with Gasteiger partial charge in [-0.15, -0.1) is 0 Å². The number of rotatable bonds is 2. The molecule has 2 aliphatic heterocycles. The lowest BCUT2D eigenvalue weighted by Crippen LogP contribution is -2.66. The molecule has 1 saturated heterocycles. The number of nitrogens with zero attached hydrogens (tertiary/aromatic N) is 1. The van der Waals surface area contributed by atoms with Crippen molar-refractivity contribution in [2.75, 3.05) is 20.2 Å². The van der Waals surface area contributed by atoms with Gasteiger partial charge in [0.05, 0.1) is 12.7 Å². The summed E-state index contributed by atoms with van der Waals surface area (Å²) in [5, 5.41) is 10.7. The molecule has 1 spiro atoms. The summed E-state index contributed by atoms with van der Waals surface area (Å²) in [7, 11) is 2.26. The van der Waals surface area contributed by atoms with Crippen LogP contribution in [-0.4, -0.2) is 48.5 Å². The van der Waals surface area contributed by atoms with Crippen LogP contribution in [0.1, 0.15) is 37.3 Å². The van der Waals surface area contributed by atoms with Crippen LogP contribution in [0.3, 0.4) is 0 Å². The number of ether oxygens (including phenoxy) is 2. The summed E-state index contributed by atoms with van der Waals surface area (Å²) in [5.74, 6) is 2.39. The first-order chi connectivity index (χ1) is 11.2. The number of aliphatic hydroxyl groups excluding tert-OH is 1. The van der Waals surface area contributed by atoms with E-state index in [1.807, 2.05) is 6.92 Å². The van der Waals surface area contributed by atoms with Crippen LogP contribution in [0.2, 0.25) is 0 Å². The highest BCUT2D eigenvalue weighted by Crippen LogP contribution is 2.63. The monoisotopic (exact) mass is 315 g/mol. The van der Waals surface area contributed by atoms with Crippen molar-refractivity contribution in [1.29, 1.82) is 0 Å². The maximum atomic E-state index is 10.7. The standard InChI is InChI=1S/C19H25NO3/c1-3-22-15-7-4-11-10-13-12-5-6-14(21)18-19(12,8-9-20(13)2)16(11)17(15)23-18/h4,7,12-14,18,21H,3,5-6,8-10H2,1-2H3. The third-order valence-corrected chi connectivity index (χ3v) is 6.85. The zero-order valence-corrected chi connectivity index (χ0v) is 13.9. The van der Waals surface area contributed by atoms with Gasteiger partial charge in [0.1, 0.15) is 6.10 Å². The van der Waals surface area contributed by atoms with Gasteiger partial charge >= 0.3 is 0 Å². The number of likely N-dealkylation sites (tertiary alicyclic amines) is 1. The van der Waals surface area contributed by atoms with Crippen LogP contribution in [0.15, 0.2) is 12.1 Å². The predicted octanol–water partition coefficient (Wildman–Crippen LogP) is 2.12. The van der Waals surface area contributed by atoms with Crippen LogP contribution in [-0.2, 0) is 11.8 Å². The second kappa shape index (κ2) is 4.64. The van der Waals surface area contributed by atoms with Gasteiger partial charge in [0.15, 0.2) is 11.5 Å². The van der Waals surface area contributed by atoms with Crippen molar-refractivity contribution in [3.63, 3.8) is 0 Å². The Morgan fingerprint density at radius 1 is 1.39 bits per heavy atom. The van der Waals surface area contributed by atoms with Crippen LogP contribution in [0.5, 0.6) is 11.5 Å². The summed E-state index contributed by atoms with van der Waals surface area (Å²) >= 11 is 0. The van der Waals surface area contributed by atoms with Crippen LogP contribution < -0.4 is 9.47 Å². The maximum absolute atomic E-state index is 10.7. The van der Waals surface area contributed by atoms with Gasteiger partial charge in [-0.25, -0.2) is 0 Å². The molecule has 124 valence electrons. The Morgan fingerprint density at radius 2 is 2.26 bits per heavy atom. The Morgan fingerprint density at radius 3 is 3.09 bits per heavy atom. The number of benzene rings is 1. The molecule has 23 heavy (non-hydrogen) atoms. The minimum absolute atomic E-state index is 0.00483. The Balaban J connectivity index is 1.75. The van der Waals surface area contributed by atoms with Crippen molar-refractivity contribution in [1.82, 2.24) is 4.90 Å². The van der Waals surface area contributed by atoms with Gasteiger partial charge < -0.3 is 19.5 Å². The van der Waals surface area contributed by atoms with Crippen molar-refractivity contribution in [2.24, 2.45) is 5.92 Å². The van der Waals surface area contributed by atoms with Gasteiger partial charge in [-0.2, -0.15) is 0 Å². The zero-order valence-electron chi connectivity index (χ0n) is 13.9. The number of aliphatic hydroxyl groups is 1. The molecule has 4 nitrogen and oxygen atoms in total. The Kier molecular flexibility index (Phi) is 2.85. The average Bonchev–Trinajstić information content (AvgIpc) is 2.90.